The molecule has 2 aromatic rings. The van der Waals surface area contributed by atoms with E-state index in [1.54, 1.807) is 6.92 Å². The van der Waals surface area contributed by atoms with Gasteiger partial charge in [0.2, 0.25) is 0 Å². The maximum absolute atomic E-state index is 11.4. The third-order valence-electron chi connectivity index (χ3n) is 2.62. The van der Waals surface area contributed by atoms with Crippen LogP contribution in [0.2, 0.25) is 0 Å². The van der Waals surface area contributed by atoms with E-state index in [1.807, 2.05) is 35.0 Å². The van der Waals surface area contributed by atoms with Crippen LogP contribution in [0.3, 0.4) is 0 Å². The highest BCUT2D eigenvalue weighted by molar-refractivity contribution is 5.82. The van der Waals surface area contributed by atoms with Gasteiger partial charge in [0, 0.05) is 11.7 Å². The number of esters is 1. The number of rotatable bonds is 4. The minimum absolute atomic E-state index is 0.0268. The molecule has 0 aliphatic rings. The summed E-state index contributed by atoms with van der Waals surface area (Å²) in [5.41, 5.74) is 1.83. The number of carbonyl (C=O) groups excluding carboxylic acids is 1. The Labute approximate surface area is 99.4 Å². The maximum Gasteiger partial charge on any atom is 0.325 e. The highest BCUT2D eigenvalue weighted by Gasteiger charge is 2.06. The van der Waals surface area contributed by atoms with E-state index in [0.717, 1.165) is 16.5 Å². The first-order valence-electron chi connectivity index (χ1n) is 5.59. The molecular formula is C13H15NO3. The van der Waals surface area contributed by atoms with Crippen LogP contribution >= 0.6 is 0 Å². The monoisotopic (exact) mass is 233 g/mol. The second-order valence-corrected chi connectivity index (χ2v) is 3.80. The van der Waals surface area contributed by atoms with E-state index >= 15 is 0 Å². The van der Waals surface area contributed by atoms with E-state index < -0.39 is 0 Å². The van der Waals surface area contributed by atoms with Gasteiger partial charge in [-0.2, -0.15) is 0 Å². The minimum atomic E-state index is -0.240. The van der Waals surface area contributed by atoms with E-state index in [0.29, 0.717) is 6.61 Å². The fourth-order valence-electron chi connectivity index (χ4n) is 1.83. The topological polar surface area (TPSA) is 51.5 Å². The van der Waals surface area contributed by atoms with Crippen molar-refractivity contribution in [3.8, 4) is 0 Å². The second-order valence-electron chi connectivity index (χ2n) is 3.80. The zero-order valence-corrected chi connectivity index (χ0v) is 9.72. The average molecular weight is 233 g/mol. The molecule has 0 saturated carbocycles. The Hall–Kier alpha value is -1.81. The lowest BCUT2D eigenvalue weighted by molar-refractivity contribution is -0.143. The van der Waals surface area contributed by atoms with Crippen molar-refractivity contribution < 1.29 is 14.6 Å². The van der Waals surface area contributed by atoms with Crippen LogP contribution in [0.1, 0.15) is 12.5 Å². The Morgan fingerprint density at radius 2 is 2.24 bits per heavy atom. The molecule has 0 amide bonds. The molecule has 1 aromatic carbocycles. The highest BCUT2D eigenvalue weighted by Crippen LogP contribution is 2.17. The standard InChI is InChI=1S/C13H15NO3/c1-2-17-13(16)8-14-6-5-11-7-10(9-15)3-4-12(11)14/h3-7,15H,2,8-9H2,1H3. The molecule has 17 heavy (non-hydrogen) atoms. The Balaban J connectivity index is 2.27. The largest absolute Gasteiger partial charge is 0.465 e. The summed E-state index contributed by atoms with van der Waals surface area (Å²) >= 11 is 0. The molecule has 0 unspecified atom stereocenters. The minimum Gasteiger partial charge on any atom is -0.465 e. The number of hydrogen-bond donors (Lipinski definition) is 1. The molecule has 0 atom stereocenters. The summed E-state index contributed by atoms with van der Waals surface area (Å²) in [6, 6.07) is 7.59. The van der Waals surface area contributed by atoms with Gasteiger partial charge in [-0.05, 0) is 36.1 Å². The summed E-state index contributed by atoms with van der Waals surface area (Å²) in [6.07, 6.45) is 1.85. The molecule has 0 bridgehead atoms. The van der Waals surface area contributed by atoms with Crippen molar-refractivity contribution in [2.24, 2.45) is 0 Å². The molecule has 0 saturated heterocycles. The van der Waals surface area contributed by atoms with E-state index in [1.165, 1.54) is 0 Å². The number of aromatic nitrogens is 1. The van der Waals surface area contributed by atoms with E-state index in [9.17, 15) is 4.79 Å². The molecule has 0 spiro atoms. The van der Waals surface area contributed by atoms with Gasteiger partial charge >= 0.3 is 5.97 Å². The van der Waals surface area contributed by atoms with Crippen molar-refractivity contribution in [1.82, 2.24) is 4.57 Å². The number of benzene rings is 1. The number of ether oxygens (including phenoxy) is 1. The zero-order chi connectivity index (χ0) is 12.3. The van der Waals surface area contributed by atoms with Gasteiger partial charge in [-0.15, -0.1) is 0 Å². The molecule has 0 aliphatic carbocycles. The quantitative estimate of drug-likeness (QED) is 0.818. The maximum atomic E-state index is 11.4. The van der Waals surface area contributed by atoms with Gasteiger partial charge in [0.15, 0.2) is 0 Å². The Morgan fingerprint density at radius 3 is 2.94 bits per heavy atom. The number of nitrogens with zero attached hydrogens (tertiary/aromatic N) is 1. The number of carbonyl (C=O) groups is 1. The SMILES string of the molecule is CCOC(=O)Cn1ccc2cc(CO)ccc21. The summed E-state index contributed by atoms with van der Waals surface area (Å²) in [5.74, 6) is -0.240. The summed E-state index contributed by atoms with van der Waals surface area (Å²) in [6.45, 7) is 2.43. The van der Waals surface area contributed by atoms with Crippen LogP contribution in [-0.4, -0.2) is 22.2 Å². The summed E-state index contributed by atoms with van der Waals surface area (Å²) < 4.78 is 6.75. The van der Waals surface area contributed by atoms with Gasteiger partial charge in [-0.25, -0.2) is 0 Å². The number of hydrogen-bond acceptors (Lipinski definition) is 3. The summed E-state index contributed by atoms with van der Waals surface area (Å²) in [4.78, 5) is 11.4. The molecule has 0 fully saturated rings. The first-order chi connectivity index (χ1) is 8.24. The fraction of sp³-hybridized carbons (Fsp3) is 0.308. The van der Waals surface area contributed by atoms with Gasteiger partial charge in [-0.1, -0.05) is 6.07 Å². The van der Waals surface area contributed by atoms with Gasteiger partial charge in [0.05, 0.1) is 13.2 Å². The second kappa shape index (κ2) is 5.01. The van der Waals surface area contributed by atoms with Crippen molar-refractivity contribution in [3.63, 3.8) is 0 Å². The van der Waals surface area contributed by atoms with Crippen LogP contribution in [0.15, 0.2) is 30.5 Å². The Kier molecular flexibility index (Phi) is 3.44. The van der Waals surface area contributed by atoms with Crippen LogP contribution in [0.5, 0.6) is 0 Å². The summed E-state index contributed by atoms with van der Waals surface area (Å²) in [5, 5.41) is 10.1. The van der Waals surface area contributed by atoms with Gasteiger partial charge in [0.25, 0.3) is 0 Å². The van der Waals surface area contributed by atoms with Gasteiger partial charge in [-0.3, -0.25) is 4.79 Å². The lowest BCUT2D eigenvalue weighted by atomic mass is 10.2. The third kappa shape index (κ3) is 2.47. The molecule has 2 rings (SSSR count). The molecule has 4 heteroatoms. The molecule has 1 heterocycles. The van der Waals surface area contributed by atoms with Crippen LogP contribution in [-0.2, 0) is 22.7 Å². The first-order valence-corrected chi connectivity index (χ1v) is 5.59. The van der Waals surface area contributed by atoms with Crippen LogP contribution in [0.25, 0.3) is 10.9 Å². The van der Waals surface area contributed by atoms with Crippen molar-refractivity contribution in [2.45, 2.75) is 20.1 Å². The normalized spacial score (nSPS) is 10.7. The van der Waals surface area contributed by atoms with Crippen molar-refractivity contribution in [2.75, 3.05) is 6.61 Å². The van der Waals surface area contributed by atoms with Crippen molar-refractivity contribution in [3.05, 3.63) is 36.0 Å². The third-order valence-corrected chi connectivity index (χ3v) is 2.62. The average Bonchev–Trinajstić information content (AvgIpc) is 2.72. The molecular weight excluding hydrogens is 218 g/mol. The van der Waals surface area contributed by atoms with Crippen molar-refractivity contribution >= 4 is 16.9 Å². The van der Waals surface area contributed by atoms with Gasteiger partial charge < -0.3 is 14.4 Å². The van der Waals surface area contributed by atoms with Crippen LogP contribution < -0.4 is 0 Å². The first kappa shape index (κ1) is 11.7. The molecule has 1 aromatic heterocycles. The number of aliphatic hydroxyl groups is 1. The van der Waals surface area contributed by atoms with E-state index in [-0.39, 0.29) is 19.1 Å². The van der Waals surface area contributed by atoms with Crippen LogP contribution in [0, 0.1) is 0 Å². The number of fused-ring (bicyclic) bond motifs is 1. The van der Waals surface area contributed by atoms with E-state index in [2.05, 4.69) is 0 Å². The zero-order valence-electron chi connectivity index (χ0n) is 9.72. The van der Waals surface area contributed by atoms with Crippen LogP contribution in [0.4, 0.5) is 0 Å². The fourth-order valence-corrected chi connectivity index (χ4v) is 1.83. The molecule has 1 N–H and O–H groups in total. The molecule has 90 valence electrons. The van der Waals surface area contributed by atoms with Gasteiger partial charge in [0.1, 0.15) is 6.54 Å². The predicted octanol–water partition coefficient (Wildman–Crippen LogP) is 1.70. The predicted molar refractivity (Wildman–Crippen MR) is 64.5 cm³/mol. The smallest absolute Gasteiger partial charge is 0.325 e. The number of aliphatic hydroxyl groups excluding tert-OH is 1. The molecule has 0 radical (unpaired) electrons. The lowest BCUT2D eigenvalue weighted by Gasteiger charge is -2.05. The Bertz CT molecular complexity index is 530. The molecule has 0 aliphatic heterocycles. The molecule has 4 nitrogen and oxygen atoms in total. The lowest BCUT2D eigenvalue weighted by Crippen LogP contribution is -2.12. The van der Waals surface area contributed by atoms with Crippen molar-refractivity contribution in [1.29, 1.82) is 0 Å². The highest BCUT2D eigenvalue weighted by atomic mass is 16.5. The summed E-state index contributed by atoms with van der Waals surface area (Å²) in [7, 11) is 0. The Morgan fingerprint density at radius 1 is 1.41 bits per heavy atom. The van der Waals surface area contributed by atoms with E-state index in [4.69, 9.17) is 9.84 Å².